The first-order valence-electron chi connectivity index (χ1n) is 10.2. The van der Waals surface area contributed by atoms with Gasteiger partial charge < -0.3 is 20.1 Å². The summed E-state index contributed by atoms with van der Waals surface area (Å²) in [5, 5.41) is 6.52. The second-order valence-corrected chi connectivity index (χ2v) is 8.23. The smallest absolute Gasteiger partial charge is 0.255 e. The Bertz CT molecular complexity index is 821. The van der Waals surface area contributed by atoms with E-state index in [4.69, 9.17) is 9.47 Å². The van der Waals surface area contributed by atoms with Crippen LogP contribution in [0.3, 0.4) is 0 Å². The molecule has 0 radical (unpaired) electrons. The van der Waals surface area contributed by atoms with Crippen LogP contribution in [-0.2, 0) is 10.3 Å². The Morgan fingerprint density at radius 3 is 2.50 bits per heavy atom. The standard InChI is InChI=1S/C23H26N2O3/c26-22(17-3-9-21(10-4-17)27-13-16-1-2-16)25-19-7-5-18(6-8-19)23-12-11-20(14-28-23)24-15-23/h3-10,16,20,24H,1-2,11-15H2,(H,25,26). The number of piperidine rings is 1. The zero-order chi connectivity index (χ0) is 19.0. The maximum atomic E-state index is 12.5. The number of amides is 1. The molecule has 1 aliphatic carbocycles. The minimum atomic E-state index is -0.215. The Balaban J connectivity index is 1.21. The SMILES string of the molecule is O=C(Nc1ccc(C23CCC(CO2)NC3)cc1)c1ccc(OCC2CC2)cc1. The Kier molecular flexibility index (Phi) is 4.57. The number of rotatable bonds is 6. The van der Waals surface area contributed by atoms with Crippen LogP contribution in [0.25, 0.3) is 0 Å². The van der Waals surface area contributed by atoms with Crippen molar-refractivity contribution >= 4 is 11.6 Å². The van der Waals surface area contributed by atoms with Crippen LogP contribution in [0, 0.1) is 5.92 Å². The molecule has 6 rings (SSSR count). The molecule has 4 fully saturated rings. The lowest BCUT2D eigenvalue weighted by Crippen LogP contribution is -2.57. The van der Waals surface area contributed by atoms with E-state index >= 15 is 0 Å². The highest BCUT2D eigenvalue weighted by Gasteiger charge is 2.42. The molecule has 5 nitrogen and oxygen atoms in total. The summed E-state index contributed by atoms with van der Waals surface area (Å²) < 4.78 is 11.9. The largest absolute Gasteiger partial charge is 0.493 e. The quantitative estimate of drug-likeness (QED) is 0.805. The number of benzene rings is 2. The van der Waals surface area contributed by atoms with Gasteiger partial charge in [-0.15, -0.1) is 0 Å². The van der Waals surface area contributed by atoms with Crippen molar-refractivity contribution in [1.29, 1.82) is 0 Å². The van der Waals surface area contributed by atoms with Crippen LogP contribution in [0.2, 0.25) is 0 Å². The topological polar surface area (TPSA) is 59.6 Å². The average molecular weight is 378 g/mol. The van der Waals surface area contributed by atoms with E-state index < -0.39 is 0 Å². The van der Waals surface area contributed by atoms with Crippen molar-refractivity contribution in [3.05, 3.63) is 59.7 Å². The second kappa shape index (κ2) is 7.22. The number of morpholine rings is 1. The number of nitrogens with one attached hydrogen (secondary N) is 2. The third kappa shape index (κ3) is 3.64. The second-order valence-electron chi connectivity index (χ2n) is 8.23. The summed E-state index contributed by atoms with van der Waals surface area (Å²) in [4.78, 5) is 12.5. The predicted molar refractivity (Wildman–Crippen MR) is 108 cm³/mol. The molecule has 1 saturated carbocycles. The molecule has 0 spiro atoms. The fraction of sp³-hybridized carbons (Fsp3) is 0.435. The normalized spacial score (nSPS) is 26.1. The summed E-state index contributed by atoms with van der Waals surface area (Å²) in [5.41, 5.74) is 2.37. The maximum Gasteiger partial charge on any atom is 0.255 e. The molecule has 3 aliphatic heterocycles. The fourth-order valence-corrected chi connectivity index (χ4v) is 4.02. The summed E-state index contributed by atoms with van der Waals surface area (Å²) in [6.07, 6.45) is 4.73. The molecule has 4 aliphatic rings. The lowest BCUT2D eigenvalue weighted by atomic mass is 9.81. The van der Waals surface area contributed by atoms with Gasteiger partial charge in [0.15, 0.2) is 0 Å². The molecule has 28 heavy (non-hydrogen) atoms. The molecule has 5 heteroatoms. The van der Waals surface area contributed by atoms with E-state index in [1.807, 2.05) is 36.4 Å². The van der Waals surface area contributed by atoms with E-state index in [9.17, 15) is 4.79 Å². The summed E-state index contributed by atoms with van der Waals surface area (Å²) in [6, 6.07) is 15.9. The van der Waals surface area contributed by atoms with Gasteiger partial charge in [-0.2, -0.15) is 0 Å². The lowest BCUT2D eigenvalue weighted by Gasteiger charge is -2.47. The number of carbonyl (C=O) groups is 1. The van der Waals surface area contributed by atoms with Crippen LogP contribution in [0.15, 0.2) is 48.5 Å². The lowest BCUT2D eigenvalue weighted by molar-refractivity contribution is -0.129. The van der Waals surface area contributed by atoms with E-state index in [0.29, 0.717) is 11.6 Å². The molecule has 2 aromatic carbocycles. The van der Waals surface area contributed by atoms with Crippen molar-refractivity contribution in [2.24, 2.45) is 5.92 Å². The monoisotopic (exact) mass is 378 g/mol. The molecule has 0 aromatic heterocycles. The highest BCUT2D eigenvalue weighted by molar-refractivity contribution is 6.04. The maximum absolute atomic E-state index is 12.5. The zero-order valence-corrected chi connectivity index (χ0v) is 15.9. The van der Waals surface area contributed by atoms with Crippen molar-refractivity contribution in [2.75, 3.05) is 25.1 Å². The van der Waals surface area contributed by atoms with E-state index in [1.54, 1.807) is 0 Å². The van der Waals surface area contributed by atoms with Crippen LogP contribution in [0.1, 0.15) is 41.6 Å². The molecular weight excluding hydrogens is 352 g/mol. The predicted octanol–water partition coefficient (Wildman–Crippen LogP) is 3.71. The van der Waals surface area contributed by atoms with E-state index in [2.05, 4.69) is 22.8 Å². The van der Waals surface area contributed by atoms with Crippen molar-refractivity contribution < 1.29 is 14.3 Å². The van der Waals surface area contributed by atoms with Gasteiger partial charge in [-0.25, -0.2) is 0 Å². The van der Waals surface area contributed by atoms with E-state index in [0.717, 1.165) is 50.0 Å². The van der Waals surface area contributed by atoms with Crippen molar-refractivity contribution in [3.8, 4) is 5.75 Å². The first-order chi connectivity index (χ1) is 13.7. The number of carbonyl (C=O) groups excluding carboxylic acids is 1. The molecule has 146 valence electrons. The molecule has 2 N–H and O–H groups in total. The summed E-state index contributed by atoms with van der Waals surface area (Å²) in [5.74, 6) is 1.42. The summed E-state index contributed by atoms with van der Waals surface area (Å²) in [7, 11) is 0. The van der Waals surface area contributed by atoms with Gasteiger partial charge in [0, 0.05) is 23.8 Å². The van der Waals surface area contributed by atoms with Crippen LogP contribution in [0.5, 0.6) is 5.75 Å². The van der Waals surface area contributed by atoms with Crippen molar-refractivity contribution in [2.45, 2.75) is 37.3 Å². The van der Waals surface area contributed by atoms with Gasteiger partial charge in [0.25, 0.3) is 5.91 Å². The molecule has 2 aromatic rings. The van der Waals surface area contributed by atoms with Gasteiger partial charge in [0.05, 0.1) is 13.2 Å². The number of hydrogen-bond donors (Lipinski definition) is 2. The van der Waals surface area contributed by atoms with Crippen LogP contribution < -0.4 is 15.4 Å². The minimum absolute atomic E-state index is 0.115. The first kappa shape index (κ1) is 17.7. The molecule has 2 unspecified atom stereocenters. The van der Waals surface area contributed by atoms with Gasteiger partial charge in [-0.3, -0.25) is 4.79 Å². The third-order valence-corrected chi connectivity index (χ3v) is 6.10. The molecule has 1 amide bonds. The summed E-state index contributed by atoms with van der Waals surface area (Å²) >= 11 is 0. The molecule has 3 saturated heterocycles. The van der Waals surface area contributed by atoms with Gasteiger partial charge in [0.1, 0.15) is 11.4 Å². The van der Waals surface area contributed by atoms with Crippen molar-refractivity contribution in [1.82, 2.24) is 5.32 Å². The third-order valence-electron chi connectivity index (χ3n) is 6.10. The molecule has 3 heterocycles. The number of hydrogen-bond acceptors (Lipinski definition) is 4. The van der Waals surface area contributed by atoms with Gasteiger partial charge in [0.2, 0.25) is 0 Å². The highest BCUT2D eigenvalue weighted by atomic mass is 16.5. The molecule has 2 bridgehead atoms. The molecule has 2 atom stereocenters. The van der Waals surface area contributed by atoms with Crippen LogP contribution in [-0.4, -0.2) is 31.7 Å². The van der Waals surface area contributed by atoms with Crippen LogP contribution >= 0.6 is 0 Å². The van der Waals surface area contributed by atoms with Gasteiger partial charge in [-0.1, -0.05) is 12.1 Å². The van der Waals surface area contributed by atoms with Crippen molar-refractivity contribution in [3.63, 3.8) is 0 Å². The zero-order valence-electron chi connectivity index (χ0n) is 15.9. The number of ether oxygens (including phenoxy) is 2. The Morgan fingerprint density at radius 2 is 1.89 bits per heavy atom. The van der Waals surface area contributed by atoms with Crippen LogP contribution in [0.4, 0.5) is 5.69 Å². The Morgan fingerprint density at radius 1 is 1.11 bits per heavy atom. The van der Waals surface area contributed by atoms with Gasteiger partial charge in [-0.05, 0) is 73.6 Å². The Hall–Kier alpha value is -2.37. The van der Waals surface area contributed by atoms with E-state index in [1.165, 1.54) is 18.4 Å². The average Bonchev–Trinajstić information content (AvgIpc) is 3.59. The highest BCUT2D eigenvalue weighted by Crippen LogP contribution is 2.38. The number of anilines is 1. The number of fused-ring (bicyclic) bond motifs is 3. The molecular formula is C23H26N2O3. The Labute approximate surface area is 165 Å². The minimum Gasteiger partial charge on any atom is -0.493 e. The summed E-state index contributed by atoms with van der Waals surface area (Å²) in [6.45, 7) is 2.41. The fourth-order valence-electron chi connectivity index (χ4n) is 4.02. The van der Waals surface area contributed by atoms with E-state index in [-0.39, 0.29) is 11.5 Å². The first-order valence-corrected chi connectivity index (χ1v) is 10.2. The van der Waals surface area contributed by atoms with Gasteiger partial charge >= 0.3 is 0 Å².